The standard InChI is InChI=1S/C19H27NO2/c1-15(19(21)20-12-6-2-3-7-13-20)22-18-11-10-16-8-4-5-9-17(16)14-18/h10-11,14-15H,2-9,12-13H2,1H3/t15-/m1/s1. The largest absolute Gasteiger partial charge is 0.481 e. The minimum Gasteiger partial charge on any atom is -0.481 e. The van der Waals surface area contributed by atoms with Crippen molar-refractivity contribution in [2.24, 2.45) is 0 Å². The SMILES string of the molecule is C[C@@H](Oc1ccc2c(c1)CCCC2)C(=O)N1CCCCCC1. The molecule has 1 amide bonds. The van der Waals surface area contributed by atoms with Crippen molar-refractivity contribution < 1.29 is 9.53 Å². The van der Waals surface area contributed by atoms with Crippen molar-refractivity contribution in [1.29, 1.82) is 0 Å². The van der Waals surface area contributed by atoms with Crippen LogP contribution in [0.5, 0.6) is 5.75 Å². The van der Waals surface area contributed by atoms with E-state index in [1.165, 1.54) is 43.2 Å². The second-order valence-electron chi connectivity index (χ2n) is 6.64. The molecular formula is C19H27NO2. The molecule has 0 N–H and O–H groups in total. The van der Waals surface area contributed by atoms with Crippen molar-refractivity contribution in [2.75, 3.05) is 13.1 Å². The number of carbonyl (C=O) groups is 1. The Morgan fingerprint density at radius 1 is 1.00 bits per heavy atom. The van der Waals surface area contributed by atoms with Crippen molar-refractivity contribution in [1.82, 2.24) is 4.90 Å². The van der Waals surface area contributed by atoms with Crippen LogP contribution in [0.25, 0.3) is 0 Å². The lowest BCUT2D eigenvalue weighted by Gasteiger charge is -2.25. The van der Waals surface area contributed by atoms with Crippen LogP contribution >= 0.6 is 0 Å². The zero-order valence-electron chi connectivity index (χ0n) is 13.6. The monoisotopic (exact) mass is 301 g/mol. The molecule has 0 unspecified atom stereocenters. The van der Waals surface area contributed by atoms with E-state index < -0.39 is 0 Å². The maximum absolute atomic E-state index is 12.5. The predicted molar refractivity (Wildman–Crippen MR) is 88.2 cm³/mol. The number of nitrogens with zero attached hydrogens (tertiary/aromatic N) is 1. The average Bonchev–Trinajstić information content (AvgIpc) is 2.83. The first-order valence-electron chi connectivity index (χ1n) is 8.81. The number of benzene rings is 1. The van der Waals surface area contributed by atoms with Crippen molar-refractivity contribution in [3.8, 4) is 5.75 Å². The molecule has 0 aromatic heterocycles. The normalized spacial score (nSPS) is 20.0. The third-order valence-electron chi connectivity index (χ3n) is 4.90. The van der Waals surface area contributed by atoms with Gasteiger partial charge in [0.1, 0.15) is 5.75 Å². The van der Waals surface area contributed by atoms with Gasteiger partial charge in [-0.15, -0.1) is 0 Å². The zero-order chi connectivity index (χ0) is 15.4. The Kier molecular flexibility index (Phi) is 5.01. The van der Waals surface area contributed by atoms with Gasteiger partial charge in [-0.3, -0.25) is 4.79 Å². The van der Waals surface area contributed by atoms with Gasteiger partial charge in [-0.25, -0.2) is 0 Å². The van der Waals surface area contributed by atoms with Gasteiger partial charge >= 0.3 is 0 Å². The summed E-state index contributed by atoms with van der Waals surface area (Å²) in [5.74, 6) is 0.982. The molecule has 1 atom stereocenters. The molecule has 0 bridgehead atoms. The van der Waals surface area contributed by atoms with Crippen LogP contribution in [-0.2, 0) is 17.6 Å². The Bertz CT molecular complexity index is 518. The molecule has 1 heterocycles. The molecule has 3 rings (SSSR count). The van der Waals surface area contributed by atoms with Gasteiger partial charge in [-0.2, -0.15) is 0 Å². The van der Waals surface area contributed by atoms with E-state index >= 15 is 0 Å². The van der Waals surface area contributed by atoms with Crippen molar-refractivity contribution in [2.45, 2.75) is 64.4 Å². The van der Waals surface area contributed by atoms with Gasteiger partial charge < -0.3 is 9.64 Å². The topological polar surface area (TPSA) is 29.5 Å². The molecule has 1 saturated heterocycles. The van der Waals surface area contributed by atoms with Crippen LogP contribution in [0.1, 0.15) is 56.6 Å². The lowest BCUT2D eigenvalue weighted by Crippen LogP contribution is -2.41. The summed E-state index contributed by atoms with van der Waals surface area (Å²) < 4.78 is 5.95. The highest BCUT2D eigenvalue weighted by Crippen LogP contribution is 2.26. The molecule has 22 heavy (non-hydrogen) atoms. The smallest absolute Gasteiger partial charge is 0.263 e. The number of hydrogen-bond acceptors (Lipinski definition) is 2. The molecule has 1 fully saturated rings. The van der Waals surface area contributed by atoms with E-state index in [4.69, 9.17) is 4.74 Å². The lowest BCUT2D eigenvalue weighted by atomic mass is 9.92. The summed E-state index contributed by atoms with van der Waals surface area (Å²) in [7, 11) is 0. The van der Waals surface area contributed by atoms with Gasteiger partial charge in [-0.1, -0.05) is 18.9 Å². The number of aryl methyl sites for hydroxylation is 2. The molecule has 0 spiro atoms. The summed E-state index contributed by atoms with van der Waals surface area (Å²) in [6.07, 6.45) is 9.21. The third kappa shape index (κ3) is 3.63. The molecule has 1 aliphatic heterocycles. The number of carbonyl (C=O) groups excluding carboxylic acids is 1. The minimum atomic E-state index is -0.389. The molecular weight excluding hydrogens is 274 g/mol. The quantitative estimate of drug-likeness (QED) is 0.851. The average molecular weight is 301 g/mol. The van der Waals surface area contributed by atoms with Crippen LogP contribution < -0.4 is 4.74 Å². The highest BCUT2D eigenvalue weighted by molar-refractivity contribution is 5.80. The molecule has 3 heteroatoms. The van der Waals surface area contributed by atoms with Crippen LogP contribution in [0.4, 0.5) is 0 Å². The van der Waals surface area contributed by atoms with E-state index in [1.54, 1.807) is 0 Å². The number of likely N-dealkylation sites (tertiary alicyclic amines) is 1. The summed E-state index contributed by atoms with van der Waals surface area (Å²) in [6.45, 7) is 3.65. The van der Waals surface area contributed by atoms with Crippen LogP contribution in [0, 0.1) is 0 Å². The number of hydrogen-bond donors (Lipinski definition) is 0. The van der Waals surface area contributed by atoms with Gasteiger partial charge in [0.2, 0.25) is 0 Å². The summed E-state index contributed by atoms with van der Waals surface area (Å²) >= 11 is 0. The Morgan fingerprint density at radius 3 is 2.41 bits per heavy atom. The van der Waals surface area contributed by atoms with E-state index in [1.807, 2.05) is 17.9 Å². The maximum atomic E-state index is 12.5. The first-order chi connectivity index (χ1) is 10.7. The van der Waals surface area contributed by atoms with Crippen LogP contribution in [-0.4, -0.2) is 30.0 Å². The van der Waals surface area contributed by atoms with Gasteiger partial charge in [0.15, 0.2) is 6.10 Å². The highest BCUT2D eigenvalue weighted by atomic mass is 16.5. The maximum Gasteiger partial charge on any atom is 0.263 e. The summed E-state index contributed by atoms with van der Waals surface area (Å²) in [5, 5.41) is 0. The zero-order valence-corrected chi connectivity index (χ0v) is 13.6. The first-order valence-corrected chi connectivity index (χ1v) is 8.81. The second kappa shape index (κ2) is 7.17. The number of rotatable bonds is 3. The fourth-order valence-corrected chi connectivity index (χ4v) is 3.59. The fraction of sp³-hybridized carbons (Fsp3) is 0.632. The first kappa shape index (κ1) is 15.4. The van der Waals surface area contributed by atoms with Gasteiger partial charge in [0.25, 0.3) is 5.91 Å². The summed E-state index contributed by atoms with van der Waals surface area (Å²) in [4.78, 5) is 14.5. The highest BCUT2D eigenvalue weighted by Gasteiger charge is 2.23. The number of ether oxygens (including phenoxy) is 1. The summed E-state index contributed by atoms with van der Waals surface area (Å²) in [5.41, 5.74) is 2.85. The van der Waals surface area contributed by atoms with Gasteiger partial charge in [-0.05, 0) is 68.7 Å². The Balaban J connectivity index is 1.63. The van der Waals surface area contributed by atoms with Crippen LogP contribution in [0.2, 0.25) is 0 Å². The summed E-state index contributed by atoms with van der Waals surface area (Å²) in [6, 6.07) is 6.34. The van der Waals surface area contributed by atoms with E-state index in [2.05, 4.69) is 12.1 Å². The van der Waals surface area contributed by atoms with Gasteiger partial charge in [0.05, 0.1) is 0 Å². The van der Waals surface area contributed by atoms with Gasteiger partial charge in [0, 0.05) is 13.1 Å². The Morgan fingerprint density at radius 2 is 1.68 bits per heavy atom. The Hall–Kier alpha value is -1.51. The van der Waals surface area contributed by atoms with E-state index in [0.717, 1.165) is 38.1 Å². The fourth-order valence-electron chi connectivity index (χ4n) is 3.59. The number of fused-ring (bicyclic) bond motifs is 1. The molecule has 0 saturated carbocycles. The molecule has 1 aromatic carbocycles. The molecule has 120 valence electrons. The second-order valence-corrected chi connectivity index (χ2v) is 6.64. The Labute approximate surface area is 133 Å². The number of amides is 1. The van der Waals surface area contributed by atoms with E-state index in [-0.39, 0.29) is 12.0 Å². The van der Waals surface area contributed by atoms with E-state index in [0.29, 0.717) is 0 Å². The lowest BCUT2D eigenvalue weighted by molar-refractivity contribution is -0.137. The molecule has 1 aliphatic carbocycles. The molecule has 1 aromatic rings. The third-order valence-corrected chi connectivity index (χ3v) is 4.90. The predicted octanol–water partition coefficient (Wildman–Crippen LogP) is 3.74. The van der Waals surface area contributed by atoms with E-state index in [9.17, 15) is 4.79 Å². The van der Waals surface area contributed by atoms with Crippen molar-refractivity contribution >= 4 is 5.91 Å². The van der Waals surface area contributed by atoms with Crippen LogP contribution in [0.3, 0.4) is 0 Å². The molecule has 3 nitrogen and oxygen atoms in total. The van der Waals surface area contributed by atoms with Crippen molar-refractivity contribution in [3.05, 3.63) is 29.3 Å². The van der Waals surface area contributed by atoms with Crippen molar-refractivity contribution in [3.63, 3.8) is 0 Å². The van der Waals surface area contributed by atoms with Crippen LogP contribution in [0.15, 0.2) is 18.2 Å². The molecule has 0 radical (unpaired) electrons. The molecule has 2 aliphatic rings. The minimum absolute atomic E-state index is 0.139.